The van der Waals surface area contributed by atoms with Crippen LogP contribution in [0.5, 0.6) is 0 Å². The molecule has 0 radical (unpaired) electrons. The van der Waals surface area contributed by atoms with Crippen molar-refractivity contribution in [1.82, 2.24) is 19.3 Å². The second-order valence-corrected chi connectivity index (χ2v) is 7.35. The van der Waals surface area contributed by atoms with E-state index in [2.05, 4.69) is 25.9 Å². The quantitative estimate of drug-likeness (QED) is 0.583. The molecule has 1 aliphatic heterocycles. The highest BCUT2D eigenvalue weighted by Crippen LogP contribution is 2.36. The van der Waals surface area contributed by atoms with Crippen LogP contribution in [0.4, 0.5) is 9.18 Å². The second-order valence-electron chi connectivity index (χ2n) is 6.24. The van der Waals surface area contributed by atoms with Gasteiger partial charge in [0.2, 0.25) is 0 Å². The van der Waals surface area contributed by atoms with E-state index in [4.69, 9.17) is 16.3 Å². The standard InChI is InChI=1S/C18H15BrClFN4O2/c19-15-14-16(20)22-6-7-24(14)17(23-15)13-8-12(21)9-25(13)18(26)27-10-11-4-2-1-3-5-11/h1-7,12-13H,8-10H2/t12-,13+/m1/s1. The van der Waals surface area contributed by atoms with Crippen LogP contribution in [0.25, 0.3) is 5.52 Å². The van der Waals surface area contributed by atoms with Crippen LogP contribution in [0.1, 0.15) is 23.9 Å². The van der Waals surface area contributed by atoms with Gasteiger partial charge < -0.3 is 4.74 Å². The van der Waals surface area contributed by atoms with E-state index < -0.39 is 18.3 Å². The van der Waals surface area contributed by atoms with Crippen LogP contribution in [0.15, 0.2) is 47.3 Å². The maximum atomic E-state index is 14.2. The van der Waals surface area contributed by atoms with Gasteiger partial charge in [0.1, 0.15) is 28.7 Å². The zero-order chi connectivity index (χ0) is 19.0. The van der Waals surface area contributed by atoms with Gasteiger partial charge in [-0.05, 0) is 21.5 Å². The molecular formula is C18H15BrClFN4O2. The largest absolute Gasteiger partial charge is 0.445 e. The summed E-state index contributed by atoms with van der Waals surface area (Å²) in [6, 6.07) is 8.79. The summed E-state index contributed by atoms with van der Waals surface area (Å²) in [7, 11) is 0. The van der Waals surface area contributed by atoms with Gasteiger partial charge in [0.05, 0.1) is 12.6 Å². The van der Waals surface area contributed by atoms with Crippen molar-refractivity contribution in [2.75, 3.05) is 6.54 Å². The van der Waals surface area contributed by atoms with Crippen LogP contribution in [0, 0.1) is 0 Å². The number of aromatic nitrogens is 3. The number of amides is 1. The topological polar surface area (TPSA) is 59.7 Å². The van der Waals surface area contributed by atoms with Gasteiger partial charge in [0.25, 0.3) is 0 Å². The molecule has 3 aromatic rings. The number of carbonyl (C=O) groups excluding carboxylic acids is 1. The van der Waals surface area contributed by atoms with Gasteiger partial charge >= 0.3 is 6.09 Å². The predicted molar refractivity (Wildman–Crippen MR) is 101 cm³/mol. The summed E-state index contributed by atoms with van der Waals surface area (Å²) in [5.74, 6) is 0.512. The molecule has 2 atom stereocenters. The molecule has 3 heterocycles. The number of benzene rings is 1. The van der Waals surface area contributed by atoms with Crippen LogP contribution < -0.4 is 0 Å². The Balaban J connectivity index is 1.60. The Kier molecular flexibility index (Phi) is 5.01. The molecule has 1 aliphatic rings. The number of likely N-dealkylation sites (tertiary alicyclic amines) is 1. The molecule has 140 valence electrons. The summed E-state index contributed by atoms with van der Waals surface area (Å²) >= 11 is 9.51. The summed E-state index contributed by atoms with van der Waals surface area (Å²) in [6.45, 7) is 0.0885. The number of fused-ring (bicyclic) bond motifs is 1. The summed E-state index contributed by atoms with van der Waals surface area (Å²) in [6.07, 6.45) is 1.64. The SMILES string of the molecule is O=C(OCc1ccccc1)N1C[C@H](F)C[C@H]1c1nc(Br)c2c(Cl)nccn12. The first kappa shape index (κ1) is 18.2. The number of rotatable bonds is 3. The third-order valence-electron chi connectivity index (χ3n) is 4.48. The minimum absolute atomic E-state index is 0.0381. The molecule has 9 heteroatoms. The van der Waals surface area contributed by atoms with Gasteiger partial charge in [-0.1, -0.05) is 41.9 Å². The maximum absolute atomic E-state index is 14.2. The van der Waals surface area contributed by atoms with E-state index in [0.717, 1.165) is 5.56 Å². The minimum atomic E-state index is -1.15. The normalized spacial score (nSPS) is 19.6. The number of hydrogen-bond acceptors (Lipinski definition) is 4. The molecule has 1 fully saturated rings. The fraction of sp³-hybridized carbons (Fsp3) is 0.278. The van der Waals surface area contributed by atoms with Gasteiger partial charge in [0.15, 0.2) is 5.15 Å². The van der Waals surface area contributed by atoms with Crippen LogP contribution in [-0.2, 0) is 11.3 Å². The van der Waals surface area contributed by atoms with Gasteiger partial charge in [-0.2, -0.15) is 0 Å². The lowest BCUT2D eigenvalue weighted by molar-refractivity contribution is 0.0893. The van der Waals surface area contributed by atoms with E-state index in [1.807, 2.05) is 30.3 Å². The smallest absolute Gasteiger partial charge is 0.410 e. The lowest BCUT2D eigenvalue weighted by atomic mass is 10.2. The zero-order valence-electron chi connectivity index (χ0n) is 14.1. The number of ether oxygens (including phenoxy) is 1. The minimum Gasteiger partial charge on any atom is -0.445 e. The Bertz CT molecular complexity index is 984. The summed E-state index contributed by atoms with van der Waals surface area (Å²) < 4.78 is 21.8. The number of hydrogen-bond donors (Lipinski definition) is 0. The molecule has 0 saturated carbocycles. The zero-order valence-corrected chi connectivity index (χ0v) is 16.4. The van der Waals surface area contributed by atoms with Crippen molar-refractivity contribution < 1.29 is 13.9 Å². The fourth-order valence-corrected chi connectivity index (χ4v) is 4.16. The van der Waals surface area contributed by atoms with E-state index in [9.17, 15) is 9.18 Å². The van der Waals surface area contributed by atoms with Gasteiger partial charge in [-0.15, -0.1) is 0 Å². The van der Waals surface area contributed by atoms with Gasteiger partial charge in [-0.25, -0.2) is 19.2 Å². The lowest BCUT2D eigenvalue weighted by Gasteiger charge is -2.22. The highest BCUT2D eigenvalue weighted by molar-refractivity contribution is 9.10. The number of nitrogens with zero attached hydrogens (tertiary/aromatic N) is 4. The highest BCUT2D eigenvalue weighted by Gasteiger charge is 2.40. The lowest BCUT2D eigenvalue weighted by Crippen LogP contribution is -2.32. The van der Waals surface area contributed by atoms with Crippen molar-refractivity contribution in [1.29, 1.82) is 0 Å². The Hall–Kier alpha value is -2.19. The van der Waals surface area contributed by atoms with Crippen LogP contribution >= 0.6 is 27.5 Å². The average Bonchev–Trinajstić information content (AvgIpc) is 3.21. The van der Waals surface area contributed by atoms with E-state index in [1.165, 1.54) is 11.1 Å². The number of halogens is 3. The van der Waals surface area contributed by atoms with Crippen LogP contribution in [0.2, 0.25) is 5.15 Å². The highest BCUT2D eigenvalue weighted by atomic mass is 79.9. The third kappa shape index (κ3) is 3.51. The van der Waals surface area contributed by atoms with Crippen molar-refractivity contribution >= 4 is 39.1 Å². The molecule has 0 N–H and O–H groups in total. The summed E-state index contributed by atoms with van der Waals surface area (Å²) in [5.41, 5.74) is 1.44. The number of carbonyl (C=O) groups is 1. The molecule has 1 aromatic carbocycles. The van der Waals surface area contributed by atoms with Gasteiger partial charge in [0, 0.05) is 18.8 Å². The maximum Gasteiger partial charge on any atom is 0.410 e. The molecule has 6 nitrogen and oxygen atoms in total. The molecule has 27 heavy (non-hydrogen) atoms. The number of imidazole rings is 1. The number of alkyl halides is 1. The molecule has 0 bridgehead atoms. The van der Waals surface area contributed by atoms with Crippen molar-refractivity contribution in [2.45, 2.75) is 25.2 Å². The first-order valence-electron chi connectivity index (χ1n) is 8.34. The Morgan fingerprint density at radius 2 is 2.15 bits per heavy atom. The van der Waals surface area contributed by atoms with Crippen molar-refractivity contribution in [3.63, 3.8) is 0 Å². The van der Waals surface area contributed by atoms with E-state index in [-0.39, 0.29) is 24.7 Å². The van der Waals surface area contributed by atoms with E-state index in [0.29, 0.717) is 15.9 Å². The molecule has 1 amide bonds. The third-order valence-corrected chi connectivity index (χ3v) is 5.31. The van der Waals surface area contributed by atoms with Crippen LogP contribution in [0.3, 0.4) is 0 Å². The molecule has 2 aromatic heterocycles. The van der Waals surface area contributed by atoms with Crippen molar-refractivity contribution in [3.8, 4) is 0 Å². The molecule has 1 saturated heterocycles. The monoisotopic (exact) mass is 452 g/mol. The molecule has 0 aliphatic carbocycles. The Morgan fingerprint density at radius 3 is 2.93 bits per heavy atom. The fourth-order valence-electron chi connectivity index (χ4n) is 3.25. The molecule has 4 rings (SSSR count). The summed E-state index contributed by atoms with van der Waals surface area (Å²) in [4.78, 5) is 22.5. The van der Waals surface area contributed by atoms with E-state index >= 15 is 0 Å². The Morgan fingerprint density at radius 1 is 1.37 bits per heavy atom. The molecule has 0 spiro atoms. The van der Waals surface area contributed by atoms with Crippen molar-refractivity contribution in [3.05, 3.63) is 63.9 Å². The van der Waals surface area contributed by atoms with Gasteiger partial charge in [-0.3, -0.25) is 9.30 Å². The van der Waals surface area contributed by atoms with E-state index in [1.54, 1.807) is 10.6 Å². The first-order valence-corrected chi connectivity index (χ1v) is 9.51. The van der Waals surface area contributed by atoms with Crippen LogP contribution in [-0.4, -0.2) is 38.1 Å². The average molecular weight is 454 g/mol. The predicted octanol–water partition coefficient (Wildman–Crippen LogP) is 4.57. The second kappa shape index (κ2) is 7.44. The molecule has 0 unspecified atom stereocenters. The van der Waals surface area contributed by atoms with Crippen molar-refractivity contribution in [2.24, 2.45) is 0 Å². The first-order chi connectivity index (χ1) is 13.0. The summed E-state index contributed by atoms with van der Waals surface area (Å²) in [5, 5.41) is 0.274. The molecular weight excluding hydrogens is 439 g/mol. The Labute approximate surface area is 168 Å².